The SMILES string of the molecule is CC(=O)Nc1ccc([N+](=O)[O-])c(Oc2ccccc2)c1. The number of nitrogens with one attached hydrogen (secondary N) is 1. The molecule has 0 bridgehead atoms. The van der Waals surface area contributed by atoms with E-state index in [0.717, 1.165) is 0 Å². The molecule has 0 aliphatic carbocycles. The van der Waals surface area contributed by atoms with Gasteiger partial charge in [-0.2, -0.15) is 0 Å². The Bertz CT molecular complexity index is 641. The Labute approximate surface area is 115 Å². The first kappa shape index (κ1) is 13.5. The molecule has 1 amide bonds. The maximum absolute atomic E-state index is 11.0. The molecular weight excluding hydrogens is 260 g/mol. The van der Waals surface area contributed by atoms with E-state index in [1.165, 1.54) is 25.1 Å². The zero-order valence-electron chi connectivity index (χ0n) is 10.7. The van der Waals surface area contributed by atoms with E-state index in [-0.39, 0.29) is 17.3 Å². The number of benzene rings is 2. The summed E-state index contributed by atoms with van der Waals surface area (Å²) in [6.07, 6.45) is 0. The van der Waals surface area contributed by atoms with E-state index in [4.69, 9.17) is 4.74 Å². The van der Waals surface area contributed by atoms with Gasteiger partial charge in [0, 0.05) is 24.7 Å². The van der Waals surface area contributed by atoms with E-state index < -0.39 is 4.92 Å². The zero-order valence-corrected chi connectivity index (χ0v) is 10.7. The molecule has 102 valence electrons. The van der Waals surface area contributed by atoms with Crippen LogP contribution in [0.1, 0.15) is 6.92 Å². The van der Waals surface area contributed by atoms with Crippen molar-refractivity contribution in [2.45, 2.75) is 6.92 Å². The molecule has 0 aliphatic rings. The van der Waals surface area contributed by atoms with Crippen LogP contribution in [0.3, 0.4) is 0 Å². The second kappa shape index (κ2) is 5.83. The number of amides is 1. The van der Waals surface area contributed by atoms with Gasteiger partial charge in [-0.05, 0) is 18.2 Å². The molecule has 0 heterocycles. The quantitative estimate of drug-likeness (QED) is 0.683. The molecule has 0 atom stereocenters. The molecule has 2 aromatic rings. The standard InChI is InChI=1S/C14H12N2O4/c1-10(17)15-11-7-8-13(16(18)19)14(9-11)20-12-5-3-2-4-6-12/h2-9H,1H3,(H,15,17). The second-order valence-corrected chi connectivity index (χ2v) is 4.04. The summed E-state index contributed by atoms with van der Waals surface area (Å²) in [5.74, 6) is 0.299. The molecule has 6 nitrogen and oxygen atoms in total. The van der Waals surface area contributed by atoms with Crippen LogP contribution in [0.2, 0.25) is 0 Å². The molecule has 0 spiro atoms. The van der Waals surface area contributed by atoms with E-state index in [0.29, 0.717) is 11.4 Å². The minimum Gasteiger partial charge on any atom is -0.450 e. The Morgan fingerprint density at radius 2 is 1.90 bits per heavy atom. The zero-order chi connectivity index (χ0) is 14.5. The number of ether oxygens (including phenoxy) is 1. The van der Waals surface area contributed by atoms with Gasteiger partial charge in [0.25, 0.3) is 0 Å². The molecule has 6 heteroatoms. The lowest BCUT2D eigenvalue weighted by molar-refractivity contribution is -0.385. The average Bonchev–Trinajstić information content (AvgIpc) is 2.39. The Kier molecular flexibility index (Phi) is 3.95. The number of nitrogens with zero attached hydrogens (tertiary/aromatic N) is 1. The number of hydrogen-bond donors (Lipinski definition) is 1. The molecule has 0 aliphatic heterocycles. The molecule has 0 aromatic heterocycles. The highest BCUT2D eigenvalue weighted by atomic mass is 16.6. The van der Waals surface area contributed by atoms with Crippen molar-refractivity contribution in [1.82, 2.24) is 0 Å². The first-order chi connectivity index (χ1) is 9.56. The third kappa shape index (κ3) is 3.32. The fraction of sp³-hybridized carbons (Fsp3) is 0.0714. The van der Waals surface area contributed by atoms with Crippen LogP contribution >= 0.6 is 0 Å². The molecule has 1 N–H and O–H groups in total. The third-order valence-electron chi connectivity index (χ3n) is 2.45. The number of nitro benzene ring substituents is 1. The summed E-state index contributed by atoms with van der Waals surface area (Å²) in [5, 5.41) is 13.5. The Hall–Kier alpha value is -2.89. The van der Waals surface area contributed by atoms with Gasteiger partial charge in [0.2, 0.25) is 11.7 Å². The fourth-order valence-electron chi connectivity index (χ4n) is 1.64. The third-order valence-corrected chi connectivity index (χ3v) is 2.45. The van der Waals surface area contributed by atoms with Crippen molar-refractivity contribution < 1.29 is 14.5 Å². The maximum Gasteiger partial charge on any atom is 0.311 e. The normalized spacial score (nSPS) is 9.85. The van der Waals surface area contributed by atoms with E-state index in [9.17, 15) is 14.9 Å². The van der Waals surface area contributed by atoms with Gasteiger partial charge < -0.3 is 10.1 Å². The molecule has 20 heavy (non-hydrogen) atoms. The summed E-state index contributed by atoms with van der Waals surface area (Å²) in [6.45, 7) is 1.36. The highest BCUT2D eigenvalue weighted by Gasteiger charge is 2.16. The molecule has 0 unspecified atom stereocenters. The van der Waals surface area contributed by atoms with Crippen LogP contribution < -0.4 is 10.1 Å². The van der Waals surface area contributed by atoms with Gasteiger partial charge in [0.15, 0.2) is 0 Å². The van der Waals surface area contributed by atoms with Gasteiger partial charge in [-0.25, -0.2) is 0 Å². The lowest BCUT2D eigenvalue weighted by Gasteiger charge is -2.08. The molecule has 0 fully saturated rings. The van der Waals surface area contributed by atoms with Crippen molar-refractivity contribution in [2.24, 2.45) is 0 Å². The molecule has 2 aromatic carbocycles. The van der Waals surface area contributed by atoms with Crippen molar-refractivity contribution in [2.75, 3.05) is 5.32 Å². The van der Waals surface area contributed by atoms with E-state index >= 15 is 0 Å². The summed E-state index contributed by atoms with van der Waals surface area (Å²) in [4.78, 5) is 21.5. The molecule has 0 saturated heterocycles. The van der Waals surface area contributed by atoms with Gasteiger partial charge in [-0.15, -0.1) is 0 Å². The van der Waals surface area contributed by atoms with Gasteiger partial charge in [-0.3, -0.25) is 14.9 Å². The van der Waals surface area contributed by atoms with Crippen molar-refractivity contribution >= 4 is 17.3 Å². The average molecular weight is 272 g/mol. The lowest BCUT2D eigenvalue weighted by Crippen LogP contribution is -2.06. The van der Waals surface area contributed by atoms with Crippen LogP contribution in [-0.2, 0) is 4.79 Å². The van der Waals surface area contributed by atoms with Gasteiger partial charge in [0.1, 0.15) is 5.75 Å². The minimum atomic E-state index is -0.532. The van der Waals surface area contributed by atoms with E-state index in [2.05, 4.69) is 5.32 Å². The predicted octanol–water partition coefficient (Wildman–Crippen LogP) is 3.35. The van der Waals surface area contributed by atoms with E-state index in [1.807, 2.05) is 6.07 Å². The smallest absolute Gasteiger partial charge is 0.311 e. The van der Waals surface area contributed by atoms with Gasteiger partial charge in [-0.1, -0.05) is 18.2 Å². The Morgan fingerprint density at radius 1 is 1.20 bits per heavy atom. The Morgan fingerprint density at radius 3 is 2.50 bits per heavy atom. The van der Waals surface area contributed by atoms with Crippen LogP contribution in [0.4, 0.5) is 11.4 Å². The lowest BCUT2D eigenvalue weighted by atomic mass is 10.2. The largest absolute Gasteiger partial charge is 0.450 e. The number of anilines is 1. The number of nitro groups is 1. The molecule has 2 rings (SSSR count). The van der Waals surface area contributed by atoms with Crippen molar-refractivity contribution in [3.05, 3.63) is 58.6 Å². The van der Waals surface area contributed by atoms with Crippen LogP contribution in [0.25, 0.3) is 0 Å². The number of carbonyl (C=O) groups excluding carboxylic acids is 1. The number of rotatable bonds is 4. The number of carbonyl (C=O) groups is 1. The fourth-order valence-corrected chi connectivity index (χ4v) is 1.64. The Balaban J connectivity index is 2.36. The highest BCUT2D eigenvalue weighted by molar-refractivity contribution is 5.89. The molecular formula is C14H12N2O4. The van der Waals surface area contributed by atoms with Crippen LogP contribution in [-0.4, -0.2) is 10.8 Å². The van der Waals surface area contributed by atoms with Crippen molar-refractivity contribution in [1.29, 1.82) is 0 Å². The summed E-state index contributed by atoms with van der Waals surface area (Å²) in [6, 6.07) is 12.9. The van der Waals surface area contributed by atoms with Gasteiger partial charge >= 0.3 is 5.69 Å². The number of para-hydroxylation sites is 1. The first-order valence-corrected chi connectivity index (χ1v) is 5.85. The highest BCUT2D eigenvalue weighted by Crippen LogP contribution is 2.33. The summed E-state index contributed by atoms with van der Waals surface area (Å²) in [7, 11) is 0. The summed E-state index contributed by atoms with van der Waals surface area (Å²) >= 11 is 0. The first-order valence-electron chi connectivity index (χ1n) is 5.85. The van der Waals surface area contributed by atoms with Crippen LogP contribution in [0.5, 0.6) is 11.5 Å². The minimum absolute atomic E-state index is 0.0763. The second-order valence-electron chi connectivity index (χ2n) is 4.04. The predicted molar refractivity (Wildman–Crippen MR) is 73.9 cm³/mol. The van der Waals surface area contributed by atoms with Crippen LogP contribution in [0.15, 0.2) is 48.5 Å². The molecule has 0 radical (unpaired) electrons. The van der Waals surface area contributed by atoms with Crippen molar-refractivity contribution in [3.8, 4) is 11.5 Å². The van der Waals surface area contributed by atoms with Crippen molar-refractivity contribution in [3.63, 3.8) is 0 Å². The number of hydrogen-bond acceptors (Lipinski definition) is 4. The van der Waals surface area contributed by atoms with Gasteiger partial charge in [0.05, 0.1) is 4.92 Å². The summed E-state index contributed by atoms with van der Waals surface area (Å²) < 4.78 is 5.50. The monoisotopic (exact) mass is 272 g/mol. The molecule has 0 saturated carbocycles. The maximum atomic E-state index is 11.0. The topological polar surface area (TPSA) is 81.5 Å². The van der Waals surface area contributed by atoms with E-state index in [1.54, 1.807) is 24.3 Å². The summed E-state index contributed by atoms with van der Waals surface area (Å²) in [5.41, 5.74) is 0.275. The van der Waals surface area contributed by atoms with Crippen LogP contribution in [0, 0.1) is 10.1 Å².